The van der Waals surface area contributed by atoms with Crippen LogP contribution in [0.2, 0.25) is 0 Å². The Kier molecular flexibility index (Phi) is 8.46. The Morgan fingerprint density at radius 1 is 1.06 bits per heavy atom. The Bertz CT molecular complexity index is 258. The lowest BCUT2D eigenvalue weighted by molar-refractivity contribution is -0.115. The molecule has 0 spiro atoms. The molecule has 0 aromatic carbocycles. The maximum Gasteiger partial charge on any atom is 0.318 e. The zero-order valence-corrected chi connectivity index (χ0v) is 10.2. The standard InChI is InChI=1S/C12H21N3O2/c1-3-14(11-16)9-7-5-6-8-10-15(4-2)12(13)17/h3-4,11H,1-2,5-10H2,(H2,13,17). The Hall–Kier alpha value is -1.78. The lowest BCUT2D eigenvalue weighted by Crippen LogP contribution is -2.31. The Morgan fingerprint density at radius 2 is 1.65 bits per heavy atom. The molecule has 0 saturated carbocycles. The van der Waals surface area contributed by atoms with Crippen LogP contribution < -0.4 is 5.73 Å². The fourth-order valence-corrected chi connectivity index (χ4v) is 1.41. The lowest BCUT2D eigenvalue weighted by Gasteiger charge is -2.15. The Morgan fingerprint density at radius 3 is 2.06 bits per heavy atom. The monoisotopic (exact) mass is 239 g/mol. The molecule has 17 heavy (non-hydrogen) atoms. The second-order valence-corrected chi connectivity index (χ2v) is 3.65. The van der Waals surface area contributed by atoms with Gasteiger partial charge < -0.3 is 15.5 Å². The molecule has 5 nitrogen and oxygen atoms in total. The maximum atomic E-state index is 10.8. The van der Waals surface area contributed by atoms with Crippen LogP contribution in [0.15, 0.2) is 25.6 Å². The first-order valence-electron chi connectivity index (χ1n) is 5.68. The predicted molar refractivity (Wildman–Crippen MR) is 67.9 cm³/mol. The highest BCUT2D eigenvalue weighted by Gasteiger charge is 2.03. The van der Waals surface area contributed by atoms with E-state index >= 15 is 0 Å². The number of primary amides is 1. The van der Waals surface area contributed by atoms with Gasteiger partial charge in [0.1, 0.15) is 0 Å². The number of hydrogen-bond donors (Lipinski definition) is 1. The summed E-state index contributed by atoms with van der Waals surface area (Å²) in [6.07, 6.45) is 7.51. The van der Waals surface area contributed by atoms with Crippen molar-refractivity contribution in [1.29, 1.82) is 0 Å². The molecule has 0 aliphatic rings. The zero-order valence-electron chi connectivity index (χ0n) is 10.2. The number of nitrogens with zero attached hydrogens (tertiary/aromatic N) is 2. The number of hydrogen-bond acceptors (Lipinski definition) is 2. The van der Waals surface area contributed by atoms with E-state index in [4.69, 9.17) is 5.73 Å². The van der Waals surface area contributed by atoms with Crippen molar-refractivity contribution in [3.05, 3.63) is 25.6 Å². The highest BCUT2D eigenvalue weighted by atomic mass is 16.2. The molecule has 0 radical (unpaired) electrons. The van der Waals surface area contributed by atoms with Crippen LogP contribution in [-0.2, 0) is 4.79 Å². The van der Waals surface area contributed by atoms with E-state index in [9.17, 15) is 9.59 Å². The van der Waals surface area contributed by atoms with Gasteiger partial charge in [-0.25, -0.2) is 4.79 Å². The number of carbonyl (C=O) groups is 2. The molecule has 3 amide bonds. The van der Waals surface area contributed by atoms with E-state index in [-0.39, 0.29) is 0 Å². The third kappa shape index (κ3) is 7.16. The van der Waals surface area contributed by atoms with Crippen molar-refractivity contribution in [2.45, 2.75) is 25.7 Å². The molecule has 0 aliphatic carbocycles. The van der Waals surface area contributed by atoms with Gasteiger partial charge in [-0.05, 0) is 19.0 Å². The van der Waals surface area contributed by atoms with E-state index < -0.39 is 6.03 Å². The largest absolute Gasteiger partial charge is 0.351 e. The van der Waals surface area contributed by atoms with Crippen LogP contribution in [0, 0.1) is 0 Å². The van der Waals surface area contributed by atoms with E-state index in [1.165, 1.54) is 22.2 Å². The first-order chi connectivity index (χ1) is 8.15. The van der Waals surface area contributed by atoms with Crippen LogP contribution in [-0.4, -0.2) is 35.3 Å². The average Bonchev–Trinajstić information content (AvgIpc) is 2.32. The van der Waals surface area contributed by atoms with Crippen LogP contribution in [0.1, 0.15) is 25.7 Å². The summed E-state index contributed by atoms with van der Waals surface area (Å²) in [5.74, 6) is 0. The molecule has 0 bridgehead atoms. The van der Waals surface area contributed by atoms with Gasteiger partial charge >= 0.3 is 6.03 Å². The van der Waals surface area contributed by atoms with Gasteiger partial charge in [-0.2, -0.15) is 0 Å². The molecule has 0 aliphatic heterocycles. The smallest absolute Gasteiger partial charge is 0.318 e. The zero-order chi connectivity index (χ0) is 13.1. The van der Waals surface area contributed by atoms with Crippen molar-refractivity contribution in [1.82, 2.24) is 9.80 Å². The first kappa shape index (κ1) is 15.2. The topological polar surface area (TPSA) is 66.6 Å². The SMILES string of the molecule is C=CN(C=O)CCCCCCN(C=C)C(N)=O. The van der Waals surface area contributed by atoms with Crippen LogP contribution >= 0.6 is 0 Å². The van der Waals surface area contributed by atoms with Crippen molar-refractivity contribution in [3.8, 4) is 0 Å². The number of urea groups is 1. The summed E-state index contributed by atoms with van der Waals surface area (Å²) in [6.45, 7) is 8.32. The summed E-state index contributed by atoms with van der Waals surface area (Å²) < 4.78 is 0. The minimum atomic E-state index is -0.473. The summed E-state index contributed by atoms with van der Waals surface area (Å²) in [5, 5.41) is 0. The second kappa shape index (κ2) is 9.45. The number of amides is 3. The number of unbranched alkanes of at least 4 members (excludes halogenated alkanes) is 3. The van der Waals surface area contributed by atoms with E-state index in [0.717, 1.165) is 32.1 Å². The molecule has 0 aromatic rings. The van der Waals surface area contributed by atoms with Crippen LogP contribution in [0.3, 0.4) is 0 Å². The highest BCUT2D eigenvalue weighted by molar-refractivity contribution is 5.72. The van der Waals surface area contributed by atoms with Crippen LogP contribution in [0.25, 0.3) is 0 Å². The predicted octanol–water partition coefficient (Wildman–Crippen LogP) is 1.67. The molecule has 2 N–H and O–H groups in total. The fourth-order valence-electron chi connectivity index (χ4n) is 1.41. The molecule has 0 aromatic heterocycles. The molecule has 0 fully saturated rings. The van der Waals surface area contributed by atoms with Crippen LogP contribution in [0.4, 0.5) is 4.79 Å². The van der Waals surface area contributed by atoms with Gasteiger partial charge in [-0.15, -0.1) is 0 Å². The molecule has 0 rings (SSSR count). The second-order valence-electron chi connectivity index (χ2n) is 3.65. The van der Waals surface area contributed by atoms with E-state index in [1.807, 2.05) is 0 Å². The number of nitrogens with two attached hydrogens (primary N) is 1. The molecule has 0 atom stereocenters. The van der Waals surface area contributed by atoms with Gasteiger partial charge in [0.25, 0.3) is 0 Å². The van der Waals surface area contributed by atoms with Gasteiger partial charge in [-0.1, -0.05) is 26.0 Å². The molecule has 0 heterocycles. The van der Waals surface area contributed by atoms with E-state index in [0.29, 0.717) is 13.1 Å². The third-order valence-corrected chi connectivity index (χ3v) is 2.44. The minimum absolute atomic E-state index is 0.473. The summed E-state index contributed by atoms with van der Waals surface area (Å²) in [4.78, 5) is 24.2. The molecule has 96 valence electrons. The van der Waals surface area contributed by atoms with Gasteiger partial charge in [-0.3, -0.25) is 4.79 Å². The lowest BCUT2D eigenvalue weighted by atomic mass is 10.2. The van der Waals surface area contributed by atoms with Crippen LogP contribution in [0.5, 0.6) is 0 Å². The molecular formula is C12H21N3O2. The Balaban J connectivity index is 3.52. The van der Waals surface area contributed by atoms with Crippen molar-refractivity contribution in [2.24, 2.45) is 5.73 Å². The van der Waals surface area contributed by atoms with Crippen molar-refractivity contribution < 1.29 is 9.59 Å². The van der Waals surface area contributed by atoms with Crippen molar-refractivity contribution >= 4 is 12.4 Å². The molecular weight excluding hydrogens is 218 g/mol. The van der Waals surface area contributed by atoms with E-state index in [2.05, 4.69) is 13.2 Å². The van der Waals surface area contributed by atoms with Crippen molar-refractivity contribution in [2.75, 3.05) is 13.1 Å². The minimum Gasteiger partial charge on any atom is -0.351 e. The molecule has 5 heteroatoms. The summed E-state index contributed by atoms with van der Waals surface area (Å²) in [5.41, 5.74) is 5.12. The first-order valence-corrected chi connectivity index (χ1v) is 5.68. The number of rotatable bonds is 10. The third-order valence-electron chi connectivity index (χ3n) is 2.44. The average molecular weight is 239 g/mol. The fraction of sp³-hybridized carbons (Fsp3) is 0.500. The maximum absolute atomic E-state index is 10.8. The molecule has 0 unspecified atom stereocenters. The Labute approximate surface area is 103 Å². The van der Waals surface area contributed by atoms with Gasteiger partial charge in [0, 0.05) is 19.3 Å². The molecule has 0 saturated heterocycles. The summed E-state index contributed by atoms with van der Waals surface area (Å²) in [6, 6.07) is -0.473. The summed E-state index contributed by atoms with van der Waals surface area (Å²) >= 11 is 0. The van der Waals surface area contributed by atoms with Gasteiger partial charge in [0.2, 0.25) is 6.41 Å². The quantitative estimate of drug-likeness (QED) is 0.465. The highest BCUT2D eigenvalue weighted by Crippen LogP contribution is 2.03. The van der Waals surface area contributed by atoms with Crippen molar-refractivity contribution in [3.63, 3.8) is 0 Å². The van der Waals surface area contributed by atoms with E-state index in [1.54, 1.807) is 0 Å². The number of carbonyl (C=O) groups excluding carboxylic acids is 2. The normalized spacial score (nSPS) is 9.41. The van der Waals surface area contributed by atoms with Gasteiger partial charge in [0.05, 0.1) is 0 Å². The van der Waals surface area contributed by atoms with Gasteiger partial charge in [0.15, 0.2) is 0 Å². The summed E-state index contributed by atoms with van der Waals surface area (Å²) in [7, 11) is 0.